The minimum Gasteiger partial charge on any atom is -0.493 e. The van der Waals surface area contributed by atoms with Crippen LogP contribution in [0.2, 0.25) is 0 Å². The lowest BCUT2D eigenvalue weighted by Crippen LogP contribution is -2.19. The maximum Gasteiger partial charge on any atom is 0.250 e. The summed E-state index contributed by atoms with van der Waals surface area (Å²) in [7, 11) is 0. The van der Waals surface area contributed by atoms with Gasteiger partial charge in [0.15, 0.2) is 4.34 Å². The fourth-order valence-corrected chi connectivity index (χ4v) is 4.02. The van der Waals surface area contributed by atoms with Crippen LogP contribution in [-0.2, 0) is 4.79 Å². The number of fused-ring (bicyclic) bond motifs is 1. The number of carbonyl (C=O) groups is 1. The zero-order valence-electron chi connectivity index (χ0n) is 15.2. The minimum atomic E-state index is -0.160. The zero-order chi connectivity index (χ0) is 19.1. The molecule has 1 aromatic heterocycles. The van der Waals surface area contributed by atoms with E-state index in [0.717, 1.165) is 25.9 Å². The average molecular weight is 400 g/mol. The molecule has 0 fully saturated rings. The van der Waals surface area contributed by atoms with Crippen LogP contribution in [0.5, 0.6) is 5.75 Å². The van der Waals surface area contributed by atoms with Crippen LogP contribution in [0.25, 0.3) is 10.2 Å². The summed E-state index contributed by atoms with van der Waals surface area (Å²) in [6.07, 6.45) is 1.62. The number of hydrogen-bond acceptors (Lipinski definition) is 6. The topological polar surface area (TPSA) is 63.6 Å². The van der Waals surface area contributed by atoms with Crippen molar-refractivity contribution in [3.8, 4) is 5.75 Å². The predicted octanol–water partition coefficient (Wildman–Crippen LogP) is 4.57. The Balaban J connectivity index is 1.44. The van der Waals surface area contributed by atoms with Crippen molar-refractivity contribution < 1.29 is 9.53 Å². The van der Waals surface area contributed by atoms with Gasteiger partial charge in [0.25, 0.3) is 5.91 Å². The van der Waals surface area contributed by atoms with E-state index in [1.165, 1.54) is 11.8 Å². The van der Waals surface area contributed by atoms with Gasteiger partial charge in [0.1, 0.15) is 5.75 Å². The lowest BCUT2D eigenvalue weighted by molar-refractivity contribution is -0.118. The number of hydrazone groups is 1. The largest absolute Gasteiger partial charge is 0.493 e. The standard InChI is InChI=1S/C20H21N3O2S2/c1-14(2)12-25-16-9-7-15(8-10-16)11-21-23-19(24)13-26-20-22-17-5-3-4-6-18(17)27-20/h3-11,14H,12-13H2,1-2H3,(H,23,24)/b21-11+. The van der Waals surface area contributed by atoms with E-state index in [1.807, 2.05) is 48.5 Å². The van der Waals surface area contributed by atoms with E-state index in [2.05, 4.69) is 29.4 Å². The lowest BCUT2D eigenvalue weighted by Gasteiger charge is -2.08. The van der Waals surface area contributed by atoms with Crippen LogP contribution in [-0.4, -0.2) is 29.5 Å². The Morgan fingerprint density at radius 1 is 1.26 bits per heavy atom. The quantitative estimate of drug-likeness (QED) is 0.342. The molecule has 0 saturated heterocycles. The van der Waals surface area contributed by atoms with E-state index in [1.54, 1.807) is 17.6 Å². The molecule has 3 rings (SSSR count). The second-order valence-electron chi connectivity index (χ2n) is 6.30. The number of thiazole rings is 1. The number of amides is 1. The molecule has 0 saturated carbocycles. The van der Waals surface area contributed by atoms with Crippen molar-refractivity contribution in [1.82, 2.24) is 10.4 Å². The van der Waals surface area contributed by atoms with Crippen LogP contribution in [0.3, 0.4) is 0 Å². The van der Waals surface area contributed by atoms with Crippen molar-refractivity contribution in [2.24, 2.45) is 11.0 Å². The normalized spacial score (nSPS) is 11.4. The SMILES string of the molecule is CC(C)COc1ccc(/C=N/NC(=O)CSc2nc3ccccc3s2)cc1. The molecule has 0 aliphatic rings. The number of hydrogen-bond donors (Lipinski definition) is 1. The summed E-state index contributed by atoms with van der Waals surface area (Å²) in [6.45, 7) is 4.91. The number of thioether (sulfide) groups is 1. The Morgan fingerprint density at radius 3 is 2.78 bits per heavy atom. The molecular formula is C20H21N3O2S2. The van der Waals surface area contributed by atoms with Crippen molar-refractivity contribution >= 4 is 45.4 Å². The molecule has 7 heteroatoms. The second-order valence-corrected chi connectivity index (χ2v) is 8.56. The maximum absolute atomic E-state index is 11.9. The maximum atomic E-state index is 11.9. The Kier molecular flexibility index (Phi) is 6.84. The smallest absolute Gasteiger partial charge is 0.250 e. The van der Waals surface area contributed by atoms with Crippen LogP contribution in [0.1, 0.15) is 19.4 Å². The van der Waals surface area contributed by atoms with E-state index in [0.29, 0.717) is 12.5 Å². The molecule has 0 aliphatic heterocycles. The molecule has 0 spiro atoms. The fraction of sp³-hybridized carbons (Fsp3) is 0.250. The molecule has 27 heavy (non-hydrogen) atoms. The van der Waals surface area contributed by atoms with Gasteiger partial charge in [0.2, 0.25) is 0 Å². The summed E-state index contributed by atoms with van der Waals surface area (Å²) < 4.78 is 7.65. The highest BCUT2D eigenvalue weighted by Gasteiger charge is 2.06. The summed E-state index contributed by atoms with van der Waals surface area (Å²) >= 11 is 3.00. The first-order valence-electron chi connectivity index (χ1n) is 8.63. The molecule has 3 aromatic rings. The van der Waals surface area contributed by atoms with Gasteiger partial charge < -0.3 is 4.74 Å². The highest BCUT2D eigenvalue weighted by Crippen LogP contribution is 2.28. The number of nitrogens with zero attached hydrogens (tertiary/aromatic N) is 2. The average Bonchev–Trinajstić information content (AvgIpc) is 3.09. The van der Waals surface area contributed by atoms with Gasteiger partial charge in [0.05, 0.1) is 28.8 Å². The third-order valence-electron chi connectivity index (χ3n) is 3.47. The Bertz CT molecular complexity index is 887. The third kappa shape index (κ3) is 6.08. The van der Waals surface area contributed by atoms with E-state index < -0.39 is 0 Å². The fourth-order valence-electron chi connectivity index (χ4n) is 2.16. The third-order valence-corrected chi connectivity index (χ3v) is 5.65. The van der Waals surface area contributed by atoms with E-state index in [9.17, 15) is 4.79 Å². The molecule has 1 N–H and O–H groups in total. The molecule has 5 nitrogen and oxygen atoms in total. The summed E-state index contributed by atoms with van der Waals surface area (Å²) in [6, 6.07) is 15.5. The molecule has 1 heterocycles. The van der Waals surface area contributed by atoms with Crippen molar-refractivity contribution in [3.63, 3.8) is 0 Å². The molecule has 0 unspecified atom stereocenters. The first-order chi connectivity index (χ1) is 13.1. The van der Waals surface area contributed by atoms with Gasteiger partial charge in [-0.15, -0.1) is 11.3 Å². The van der Waals surface area contributed by atoms with E-state index in [-0.39, 0.29) is 11.7 Å². The number of carbonyl (C=O) groups excluding carboxylic acids is 1. The number of ether oxygens (including phenoxy) is 1. The number of benzene rings is 2. The van der Waals surface area contributed by atoms with Gasteiger partial charge in [-0.3, -0.25) is 4.79 Å². The van der Waals surface area contributed by atoms with E-state index >= 15 is 0 Å². The van der Waals surface area contributed by atoms with Gasteiger partial charge in [-0.05, 0) is 47.9 Å². The molecule has 0 radical (unpaired) electrons. The van der Waals surface area contributed by atoms with Crippen LogP contribution in [0.15, 0.2) is 58.0 Å². The number of para-hydroxylation sites is 1. The van der Waals surface area contributed by atoms with Gasteiger partial charge >= 0.3 is 0 Å². The van der Waals surface area contributed by atoms with Crippen molar-refractivity contribution in [2.75, 3.05) is 12.4 Å². The van der Waals surface area contributed by atoms with Crippen LogP contribution in [0.4, 0.5) is 0 Å². The summed E-state index contributed by atoms with van der Waals surface area (Å²) in [5.41, 5.74) is 4.40. The Morgan fingerprint density at radius 2 is 2.04 bits per heavy atom. The molecule has 0 bridgehead atoms. The van der Waals surface area contributed by atoms with E-state index in [4.69, 9.17) is 4.74 Å². The Labute approximate surface area is 166 Å². The van der Waals surface area contributed by atoms with Gasteiger partial charge in [-0.1, -0.05) is 37.7 Å². The van der Waals surface area contributed by atoms with Crippen molar-refractivity contribution in [3.05, 3.63) is 54.1 Å². The summed E-state index contributed by atoms with van der Waals surface area (Å²) in [5.74, 6) is 1.44. The zero-order valence-corrected chi connectivity index (χ0v) is 16.8. The monoisotopic (exact) mass is 399 g/mol. The molecule has 0 aliphatic carbocycles. The molecule has 1 amide bonds. The van der Waals surface area contributed by atoms with Gasteiger partial charge in [-0.25, -0.2) is 10.4 Å². The highest BCUT2D eigenvalue weighted by molar-refractivity contribution is 8.01. The van der Waals surface area contributed by atoms with Crippen molar-refractivity contribution in [2.45, 2.75) is 18.2 Å². The first kappa shape index (κ1) is 19.4. The molecule has 0 atom stereocenters. The van der Waals surface area contributed by atoms with Gasteiger partial charge in [0, 0.05) is 0 Å². The lowest BCUT2D eigenvalue weighted by atomic mass is 10.2. The van der Waals surface area contributed by atoms with Crippen LogP contribution >= 0.6 is 23.1 Å². The minimum absolute atomic E-state index is 0.160. The second kappa shape index (κ2) is 9.53. The van der Waals surface area contributed by atoms with Crippen LogP contribution in [0, 0.1) is 5.92 Å². The first-order valence-corrected chi connectivity index (χ1v) is 10.4. The van der Waals surface area contributed by atoms with Crippen LogP contribution < -0.4 is 10.2 Å². The summed E-state index contributed by atoms with van der Waals surface area (Å²) in [5, 5.41) is 4.00. The number of nitrogens with one attached hydrogen (secondary N) is 1. The van der Waals surface area contributed by atoms with Gasteiger partial charge in [-0.2, -0.15) is 5.10 Å². The molecular weight excluding hydrogens is 378 g/mol. The van der Waals surface area contributed by atoms with Crippen molar-refractivity contribution in [1.29, 1.82) is 0 Å². The number of aromatic nitrogens is 1. The highest BCUT2D eigenvalue weighted by atomic mass is 32.2. The number of rotatable bonds is 8. The predicted molar refractivity (Wildman–Crippen MR) is 113 cm³/mol. The molecule has 140 valence electrons. The Hall–Kier alpha value is -2.38. The molecule has 2 aromatic carbocycles. The summed E-state index contributed by atoms with van der Waals surface area (Å²) in [4.78, 5) is 16.4.